The van der Waals surface area contributed by atoms with Gasteiger partial charge < -0.3 is 15.0 Å². The van der Waals surface area contributed by atoms with E-state index in [9.17, 15) is 13.8 Å². The number of anilines is 1. The van der Waals surface area contributed by atoms with E-state index in [-0.39, 0.29) is 29.5 Å². The number of methoxy groups -OCH3 is 1. The monoisotopic (exact) mass is 644 g/mol. The topological polar surface area (TPSA) is 93.5 Å². The van der Waals surface area contributed by atoms with Gasteiger partial charge in [0.1, 0.15) is 11.5 Å². The lowest BCUT2D eigenvalue weighted by Gasteiger charge is -2.36. The zero-order valence-corrected chi connectivity index (χ0v) is 28.3. The smallest absolute Gasteiger partial charge is 0.232 e. The van der Waals surface area contributed by atoms with Gasteiger partial charge in [0, 0.05) is 53.0 Å². The summed E-state index contributed by atoms with van der Waals surface area (Å²) in [5.41, 5.74) is 5.69. The first kappa shape index (κ1) is 32.5. The number of ether oxygens (including phenoxy) is 1. The molecule has 1 atom stereocenters. The van der Waals surface area contributed by atoms with Gasteiger partial charge in [-0.25, -0.2) is 0 Å². The molecule has 0 aliphatic heterocycles. The first-order chi connectivity index (χ1) is 22.3. The van der Waals surface area contributed by atoms with Crippen molar-refractivity contribution in [1.82, 2.24) is 15.1 Å². The zero-order chi connectivity index (χ0) is 32.2. The molecule has 6 rings (SSSR count). The Morgan fingerprint density at radius 1 is 0.978 bits per heavy atom. The lowest BCUT2D eigenvalue weighted by molar-refractivity contribution is -0.123. The number of hydrogen-bond acceptors (Lipinski definition) is 5. The van der Waals surface area contributed by atoms with Crippen LogP contribution in [0.4, 0.5) is 5.69 Å². The van der Waals surface area contributed by atoms with Crippen LogP contribution < -0.4 is 15.0 Å². The number of aromatic nitrogens is 2. The van der Waals surface area contributed by atoms with Gasteiger partial charge in [-0.15, -0.1) is 0 Å². The number of aryl methyl sites for hydroxylation is 1. The van der Waals surface area contributed by atoms with Crippen molar-refractivity contribution in [3.8, 4) is 16.9 Å². The van der Waals surface area contributed by atoms with E-state index in [4.69, 9.17) is 4.74 Å². The van der Waals surface area contributed by atoms with E-state index in [1.807, 2.05) is 6.20 Å². The molecule has 0 radical (unpaired) electrons. The SMILES string of the molecule is COc1ccc(C2CCC(CN(C(=O)C3CCC(NC(=O)CS(C)=O)CC3)c3cccc(-c4cnn(C5CC5)c4)c3)CC2)cc1C. The van der Waals surface area contributed by atoms with E-state index in [0.717, 1.165) is 80.5 Å². The van der Waals surface area contributed by atoms with Crippen LogP contribution in [0.25, 0.3) is 11.1 Å². The molecular formula is C37H48N4O4S. The third kappa shape index (κ3) is 7.91. The van der Waals surface area contributed by atoms with Gasteiger partial charge in [-0.1, -0.05) is 24.3 Å². The van der Waals surface area contributed by atoms with E-state index < -0.39 is 10.8 Å². The van der Waals surface area contributed by atoms with Crippen molar-refractivity contribution in [3.63, 3.8) is 0 Å². The van der Waals surface area contributed by atoms with Crippen molar-refractivity contribution >= 4 is 28.3 Å². The predicted molar refractivity (Wildman–Crippen MR) is 184 cm³/mol. The second kappa shape index (κ2) is 14.5. The van der Waals surface area contributed by atoms with E-state index in [1.165, 1.54) is 24.0 Å². The number of nitrogens with one attached hydrogen (secondary N) is 1. The Kier molecular flexibility index (Phi) is 10.3. The molecule has 2 aromatic carbocycles. The predicted octanol–water partition coefficient (Wildman–Crippen LogP) is 6.56. The highest BCUT2D eigenvalue weighted by molar-refractivity contribution is 7.85. The van der Waals surface area contributed by atoms with E-state index in [0.29, 0.717) is 17.9 Å². The first-order valence-electron chi connectivity index (χ1n) is 17.0. The highest BCUT2D eigenvalue weighted by Crippen LogP contribution is 2.39. The van der Waals surface area contributed by atoms with Gasteiger partial charge in [-0.2, -0.15) is 5.10 Å². The molecule has 1 heterocycles. The molecule has 2 amide bonds. The minimum Gasteiger partial charge on any atom is -0.496 e. The lowest BCUT2D eigenvalue weighted by atomic mass is 9.78. The summed E-state index contributed by atoms with van der Waals surface area (Å²) in [4.78, 5) is 28.6. The molecule has 0 bridgehead atoms. The number of hydrogen-bond donors (Lipinski definition) is 1. The standard InChI is InChI=1S/C37H48N4O4S/c1-25-19-30(13-18-35(25)45-2)27-9-7-26(8-10-27)22-40(37(43)28-11-14-32(15-12-28)39-36(42)24-46(3)44)34-6-4-5-29(20-34)31-21-38-41(23-31)33-16-17-33/h4-6,13,18-21,23,26-28,32-33H,7-12,14-17,22,24H2,1-3H3,(H,39,42). The van der Waals surface area contributed by atoms with Crippen LogP contribution in [0, 0.1) is 18.8 Å². The van der Waals surface area contributed by atoms with Crippen LogP contribution in [0.15, 0.2) is 54.9 Å². The Hall–Kier alpha value is -3.46. The molecule has 3 aromatic rings. The van der Waals surface area contributed by atoms with Gasteiger partial charge in [0.15, 0.2) is 0 Å². The molecule has 46 heavy (non-hydrogen) atoms. The van der Waals surface area contributed by atoms with E-state index in [1.54, 1.807) is 13.4 Å². The van der Waals surface area contributed by atoms with Crippen molar-refractivity contribution in [2.45, 2.75) is 89.1 Å². The maximum atomic E-state index is 14.4. The lowest BCUT2D eigenvalue weighted by Crippen LogP contribution is -2.44. The summed E-state index contributed by atoms with van der Waals surface area (Å²) in [6, 6.07) is 15.5. The summed E-state index contributed by atoms with van der Waals surface area (Å²) in [6.45, 7) is 2.83. The number of carbonyl (C=O) groups is 2. The second-order valence-corrected chi connectivity index (χ2v) is 15.2. The van der Waals surface area contributed by atoms with E-state index in [2.05, 4.69) is 75.6 Å². The number of nitrogens with zero attached hydrogens (tertiary/aromatic N) is 3. The van der Waals surface area contributed by atoms with Crippen LogP contribution in [-0.2, 0) is 20.4 Å². The minimum atomic E-state index is -1.16. The Morgan fingerprint density at radius 2 is 1.74 bits per heavy atom. The molecule has 1 unspecified atom stereocenters. The first-order valence-corrected chi connectivity index (χ1v) is 18.7. The van der Waals surface area contributed by atoms with Crippen molar-refractivity contribution in [3.05, 3.63) is 66.0 Å². The van der Waals surface area contributed by atoms with Crippen LogP contribution in [0.1, 0.15) is 87.3 Å². The summed E-state index contributed by atoms with van der Waals surface area (Å²) in [5, 5.41) is 7.64. The third-order valence-electron chi connectivity index (χ3n) is 10.2. The molecule has 8 nitrogen and oxygen atoms in total. The minimum absolute atomic E-state index is 0.0306. The fraction of sp³-hybridized carbons (Fsp3) is 0.541. The van der Waals surface area contributed by atoms with Gasteiger partial charge in [0.25, 0.3) is 0 Å². The van der Waals surface area contributed by atoms with Crippen LogP contribution in [0.3, 0.4) is 0 Å². The average molecular weight is 645 g/mol. The number of rotatable bonds is 11. The summed E-state index contributed by atoms with van der Waals surface area (Å²) < 4.78 is 19.0. The summed E-state index contributed by atoms with van der Waals surface area (Å²) >= 11 is 0. The molecule has 0 saturated heterocycles. The fourth-order valence-corrected chi connectivity index (χ4v) is 7.91. The van der Waals surface area contributed by atoms with Gasteiger partial charge >= 0.3 is 0 Å². The molecule has 3 fully saturated rings. The largest absolute Gasteiger partial charge is 0.496 e. The van der Waals surface area contributed by atoms with Crippen molar-refractivity contribution in [2.75, 3.05) is 30.6 Å². The van der Waals surface area contributed by atoms with Gasteiger partial charge in [0.2, 0.25) is 11.8 Å². The fourth-order valence-electron chi connectivity index (χ4n) is 7.45. The molecular weight excluding hydrogens is 596 g/mol. The average Bonchev–Trinajstić information content (AvgIpc) is 3.79. The number of carbonyl (C=O) groups excluding carboxylic acids is 2. The maximum Gasteiger partial charge on any atom is 0.232 e. The van der Waals surface area contributed by atoms with Gasteiger partial charge in [-0.3, -0.25) is 18.5 Å². The number of benzene rings is 2. The van der Waals surface area contributed by atoms with Crippen molar-refractivity contribution in [2.24, 2.45) is 11.8 Å². The highest BCUT2D eigenvalue weighted by Gasteiger charge is 2.33. The second-order valence-electron chi connectivity index (χ2n) is 13.7. The summed E-state index contributed by atoms with van der Waals surface area (Å²) in [7, 11) is 0.562. The Balaban J connectivity index is 1.16. The van der Waals surface area contributed by atoms with Crippen LogP contribution in [0.2, 0.25) is 0 Å². The highest BCUT2D eigenvalue weighted by atomic mass is 32.2. The Bertz CT molecular complexity index is 1550. The zero-order valence-electron chi connectivity index (χ0n) is 27.5. The van der Waals surface area contributed by atoms with Crippen molar-refractivity contribution in [1.29, 1.82) is 0 Å². The molecule has 3 aliphatic rings. The molecule has 3 aliphatic carbocycles. The molecule has 3 saturated carbocycles. The molecule has 246 valence electrons. The van der Waals surface area contributed by atoms with Crippen LogP contribution in [0.5, 0.6) is 5.75 Å². The van der Waals surface area contributed by atoms with Crippen molar-refractivity contribution < 1.29 is 18.5 Å². The maximum absolute atomic E-state index is 14.4. The summed E-state index contributed by atoms with van der Waals surface area (Å²) in [6.07, 6.45) is 15.4. The number of amides is 2. The van der Waals surface area contributed by atoms with E-state index >= 15 is 0 Å². The molecule has 0 spiro atoms. The van der Waals surface area contributed by atoms with Crippen LogP contribution in [-0.4, -0.2) is 57.5 Å². The quantitative estimate of drug-likeness (QED) is 0.255. The van der Waals surface area contributed by atoms with Crippen LogP contribution >= 0.6 is 0 Å². The molecule has 1 aromatic heterocycles. The summed E-state index contributed by atoms with van der Waals surface area (Å²) in [5.74, 6) is 1.88. The molecule has 9 heteroatoms. The Labute approximate surface area is 275 Å². The third-order valence-corrected chi connectivity index (χ3v) is 10.9. The van der Waals surface area contributed by atoms with Gasteiger partial charge in [0.05, 0.1) is 19.3 Å². The normalized spacial score (nSPS) is 23.8. The molecule has 1 N–H and O–H groups in total. The Morgan fingerprint density at radius 3 is 2.41 bits per heavy atom. The van der Waals surface area contributed by atoms with Gasteiger partial charge in [-0.05, 0) is 118 Å².